The molecule has 188 valence electrons. The minimum atomic E-state index is -4.57. The topological polar surface area (TPSA) is 102 Å². The van der Waals surface area contributed by atoms with Crippen LogP contribution >= 0.6 is 0 Å². The Morgan fingerprint density at radius 3 is 2.34 bits per heavy atom. The van der Waals surface area contributed by atoms with Crippen LogP contribution in [0.3, 0.4) is 0 Å². The van der Waals surface area contributed by atoms with E-state index in [0.717, 1.165) is 18.2 Å². The lowest BCUT2D eigenvalue weighted by molar-refractivity contribution is -0.139. The van der Waals surface area contributed by atoms with Gasteiger partial charge in [0, 0.05) is 24.7 Å². The normalized spacial score (nSPS) is 22.8. The van der Waals surface area contributed by atoms with Gasteiger partial charge in [0.05, 0.1) is 23.8 Å². The van der Waals surface area contributed by atoms with Gasteiger partial charge in [-0.05, 0) is 61.6 Å². The summed E-state index contributed by atoms with van der Waals surface area (Å²) in [6.07, 6.45) is -2.68. The molecule has 10 heteroatoms. The fourth-order valence-corrected chi connectivity index (χ4v) is 4.80. The predicted octanol–water partition coefficient (Wildman–Crippen LogP) is 2.77. The van der Waals surface area contributed by atoms with Crippen LogP contribution in [-0.4, -0.2) is 58.6 Å². The number of alkyl halides is 3. The predicted molar refractivity (Wildman–Crippen MR) is 122 cm³/mol. The number of amides is 2. The van der Waals surface area contributed by atoms with Gasteiger partial charge in [-0.25, -0.2) is 0 Å². The number of nitrogens with one attached hydrogen (secondary N) is 2. The lowest BCUT2D eigenvalue weighted by Gasteiger charge is -2.47. The molecule has 0 spiro atoms. The number of carbonyl (C=O) groups is 2. The van der Waals surface area contributed by atoms with Crippen molar-refractivity contribution in [3.05, 3.63) is 65.2 Å². The molecule has 1 saturated heterocycles. The minimum absolute atomic E-state index is 0.0510. The number of phenolic OH excluding ortho intramolecular Hbond substituents is 1. The summed E-state index contributed by atoms with van der Waals surface area (Å²) in [5.41, 5.74) is -1.56. The van der Waals surface area contributed by atoms with E-state index in [0.29, 0.717) is 44.3 Å². The fraction of sp³-hybridized carbons (Fsp3) is 0.440. The number of aromatic hydroxyl groups is 1. The van der Waals surface area contributed by atoms with Gasteiger partial charge in [-0.1, -0.05) is 18.2 Å². The van der Waals surface area contributed by atoms with Gasteiger partial charge in [0.2, 0.25) is 5.91 Å². The third kappa shape index (κ3) is 5.59. The third-order valence-corrected chi connectivity index (χ3v) is 6.85. The van der Waals surface area contributed by atoms with Crippen LogP contribution in [0, 0.1) is 0 Å². The first-order chi connectivity index (χ1) is 16.6. The van der Waals surface area contributed by atoms with Crippen molar-refractivity contribution in [2.45, 2.75) is 49.5 Å². The Kier molecular flexibility index (Phi) is 7.05. The van der Waals surface area contributed by atoms with Crippen LogP contribution in [0.15, 0.2) is 48.5 Å². The summed E-state index contributed by atoms with van der Waals surface area (Å²) < 4.78 is 38.8. The Morgan fingerprint density at radius 2 is 1.74 bits per heavy atom. The molecule has 0 bridgehead atoms. The minimum Gasteiger partial charge on any atom is -0.508 e. The van der Waals surface area contributed by atoms with Crippen LogP contribution in [-0.2, 0) is 16.6 Å². The highest BCUT2D eigenvalue weighted by molar-refractivity contribution is 5.96. The molecule has 0 unspecified atom stereocenters. The Bertz CT molecular complexity index is 1080. The van der Waals surface area contributed by atoms with Crippen molar-refractivity contribution in [3.63, 3.8) is 0 Å². The summed E-state index contributed by atoms with van der Waals surface area (Å²) in [5.74, 6) is -0.991. The standard InChI is InChI=1S/C25H28F3N3O4/c26-25(27,28)18-5-1-3-16(11-18)23(34)30-15-22(33)31(20-13-29-14-20)19-7-9-24(35,10-8-19)17-4-2-6-21(32)12-17/h1-6,11-12,19-20,29,32,35H,7-10,13-15H2,(H,30,34). The van der Waals surface area contributed by atoms with Crippen LogP contribution in [0.1, 0.15) is 47.2 Å². The number of hydrogen-bond donors (Lipinski definition) is 4. The summed E-state index contributed by atoms with van der Waals surface area (Å²) in [6, 6.07) is 10.4. The number of carbonyl (C=O) groups excluding carboxylic acids is 2. The summed E-state index contributed by atoms with van der Waals surface area (Å²) in [4.78, 5) is 27.3. The molecule has 2 amide bonds. The van der Waals surface area contributed by atoms with Crippen molar-refractivity contribution in [1.29, 1.82) is 0 Å². The highest BCUT2D eigenvalue weighted by atomic mass is 19.4. The summed E-state index contributed by atoms with van der Waals surface area (Å²) in [5, 5.41) is 26.5. The first-order valence-corrected chi connectivity index (χ1v) is 11.6. The van der Waals surface area contributed by atoms with E-state index in [-0.39, 0.29) is 35.8 Å². The fourth-order valence-electron chi connectivity index (χ4n) is 4.80. The zero-order chi connectivity index (χ0) is 25.2. The van der Waals surface area contributed by atoms with E-state index in [1.165, 1.54) is 12.1 Å². The Morgan fingerprint density at radius 1 is 1.06 bits per heavy atom. The van der Waals surface area contributed by atoms with Crippen LogP contribution in [0.4, 0.5) is 13.2 Å². The highest BCUT2D eigenvalue weighted by Gasteiger charge is 2.41. The quantitative estimate of drug-likeness (QED) is 0.498. The highest BCUT2D eigenvalue weighted by Crippen LogP contribution is 2.40. The number of halogens is 3. The number of phenols is 1. The van der Waals surface area contributed by atoms with E-state index in [9.17, 15) is 33.0 Å². The maximum atomic E-state index is 13.1. The van der Waals surface area contributed by atoms with Crippen molar-refractivity contribution in [1.82, 2.24) is 15.5 Å². The van der Waals surface area contributed by atoms with E-state index in [4.69, 9.17) is 0 Å². The molecule has 0 aromatic heterocycles. The summed E-state index contributed by atoms with van der Waals surface area (Å²) in [7, 11) is 0. The van der Waals surface area contributed by atoms with Gasteiger partial charge >= 0.3 is 6.18 Å². The average Bonchev–Trinajstić information content (AvgIpc) is 2.80. The Labute approximate surface area is 200 Å². The first kappa shape index (κ1) is 25.0. The third-order valence-electron chi connectivity index (χ3n) is 6.85. The molecule has 2 aliphatic rings. The van der Waals surface area contributed by atoms with Crippen molar-refractivity contribution in [3.8, 4) is 5.75 Å². The Balaban J connectivity index is 1.39. The number of rotatable bonds is 6. The largest absolute Gasteiger partial charge is 0.508 e. The molecule has 2 fully saturated rings. The van der Waals surface area contributed by atoms with Crippen molar-refractivity contribution >= 4 is 11.8 Å². The molecule has 0 atom stereocenters. The van der Waals surface area contributed by atoms with Gasteiger partial charge in [-0.2, -0.15) is 13.2 Å². The number of hydrogen-bond acceptors (Lipinski definition) is 5. The average molecular weight is 492 g/mol. The van der Waals surface area contributed by atoms with E-state index >= 15 is 0 Å². The number of nitrogens with zero attached hydrogens (tertiary/aromatic N) is 1. The van der Waals surface area contributed by atoms with E-state index in [1.807, 2.05) is 0 Å². The number of aliphatic hydroxyl groups is 1. The molecule has 1 aliphatic carbocycles. The van der Waals surface area contributed by atoms with Crippen molar-refractivity contribution in [2.24, 2.45) is 0 Å². The molecular formula is C25H28F3N3O4. The maximum absolute atomic E-state index is 13.1. The maximum Gasteiger partial charge on any atom is 0.416 e. The zero-order valence-corrected chi connectivity index (χ0v) is 19.0. The van der Waals surface area contributed by atoms with Gasteiger partial charge < -0.3 is 25.7 Å². The summed E-state index contributed by atoms with van der Waals surface area (Å²) >= 11 is 0. The van der Waals surface area contributed by atoms with Gasteiger partial charge in [-0.15, -0.1) is 0 Å². The van der Waals surface area contributed by atoms with Gasteiger partial charge in [0.25, 0.3) is 5.91 Å². The van der Waals surface area contributed by atoms with Gasteiger partial charge in [0.15, 0.2) is 0 Å². The molecule has 2 aromatic rings. The molecule has 1 saturated carbocycles. The van der Waals surface area contributed by atoms with E-state index in [2.05, 4.69) is 10.6 Å². The smallest absolute Gasteiger partial charge is 0.416 e. The van der Waals surface area contributed by atoms with E-state index < -0.39 is 23.2 Å². The van der Waals surface area contributed by atoms with Crippen LogP contribution in [0.5, 0.6) is 5.75 Å². The van der Waals surface area contributed by atoms with Crippen LogP contribution in [0.25, 0.3) is 0 Å². The monoisotopic (exact) mass is 491 g/mol. The van der Waals surface area contributed by atoms with Gasteiger partial charge in [0.1, 0.15) is 5.75 Å². The second-order valence-corrected chi connectivity index (χ2v) is 9.19. The molecule has 0 radical (unpaired) electrons. The SMILES string of the molecule is O=C(NCC(=O)N(C1CCC(O)(c2cccc(O)c2)CC1)C1CNC1)c1cccc(C(F)(F)F)c1. The van der Waals surface area contributed by atoms with Gasteiger partial charge in [-0.3, -0.25) is 9.59 Å². The molecule has 1 aliphatic heterocycles. The zero-order valence-electron chi connectivity index (χ0n) is 19.0. The molecular weight excluding hydrogens is 463 g/mol. The lowest BCUT2D eigenvalue weighted by atomic mass is 9.77. The number of benzene rings is 2. The molecule has 2 aromatic carbocycles. The second kappa shape index (κ2) is 9.87. The molecule has 4 rings (SSSR count). The molecule has 35 heavy (non-hydrogen) atoms. The van der Waals surface area contributed by atoms with Crippen LogP contribution in [0.2, 0.25) is 0 Å². The lowest BCUT2D eigenvalue weighted by Crippen LogP contribution is -2.63. The molecule has 4 N–H and O–H groups in total. The summed E-state index contributed by atoms with van der Waals surface area (Å²) in [6.45, 7) is 0.889. The Hall–Kier alpha value is -3.11. The molecule has 1 heterocycles. The van der Waals surface area contributed by atoms with E-state index in [1.54, 1.807) is 23.1 Å². The van der Waals surface area contributed by atoms with Crippen LogP contribution < -0.4 is 10.6 Å². The first-order valence-electron chi connectivity index (χ1n) is 11.6. The van der Waals surface area contributed by atoms with Crippen molar-refractivity contribution < 1.29 is 33.0 Å². The molecule has 7 nitrogen and oxygen atoms in total. The van der Waals surface area contributed by atoms with Crippen molar-refractivity contribution in [2.75, 3.05) is 19.6 Å². The second-order valence-electron chi connectivity index (χ2n) is 9.19.